The fraction of sp³-hybridized carbons (Fsp3) is 0.316. The van der Waals surface area contributed by atoms with Crippen molar-refractivity contribution in [2.45, 2.75) is 13.8 Å². The van der Waals surface area contributed by atoms with Gasteiger partial charge in [-0.2, -0.15) is 0 Å². The van der Waals surface area contributed by atoms with Crippen molar-refractivity contribution < 1.29 is 26.7 Å². The monoisotopic (exact) mass is 412 g/mol. The molecule has 0 fully saturated rings. The topological polar surface area (TPSA) is 75.7 Å². The van der Waals surface area contributed by atoms with Crippen molar-refractivity contribution >= 4 is 21.6 Å². The molecule has 0 saturated heterocycles. The van der Waals surface area contributed by atoms with Crippen molar-refractivity contribution in [1.29, 1.82) is 0 Å². The third-order valence-electron chi connectivity index (χ3n) is 3.75. The maximum atomic E-state index is 13.9. The van der Waals surface area contributed by atoms with Crippen LogP contribution in [-0.4, -0.2) is 40.3 Å². The molecule has 152 valence electrons. The zero-order valence-electron chi connectivity index (χ0n) is 15.8. The molecule has 0 unspecified atom stereocenters. The molecule has 1 N–H and O–H groups in total. The Morgan fingerprint density at radius 3 is 2.32 bits per heavy atom. The number of halogens is 2. The van der Waals surface area contributed by atoms with Crippen LogP contribution in [0.2, 0.25) is 0 Å². The lowest BCUT2D eigenvalue weighted by atomic mass is 10.1. The molecule has 0 aliphatic carbocycles. The smallest absolute Gasteiger partial charge is 0.240 e. The molecule has 0 aliphatic heterocycles. The standard InChI is InChI=1S/C19H22F2N2O4S/c1-13-8-14(2)10-16(9-13)27-7-6-22-19(24)12-23(28(3,25)26)18-5-4-15(20)11-17(18)21/h4-5,8-11H,6-7,12H2,1-3H3,(H,22,24). The van der Waals surface area contributed by atoms with Crippen molar-refractivity contribution in [2.75, 3.05) is 30.3 Å². The van der Waals surface area contributed by atoms with Crippen LogP contribution in [0.4, 0.5) is 14.5 Å². The Bertz CT molecular complexity index is 944. The summed E-state index contributed by atoms with van der Waals surface area (Å²) in [6, 6.07) is 8.18. The maximum Gasteiger partial charge on any atom is 0.240 e. The van der Waals surface area contributed by atoms with Gasteiger partial charge >= 0.3 is 0 Å². The Kier molecular flexibility index (Phi) is 6.95. The third-order valence-corrected chi connectivity index (χ3v) is 4.88. The Morgan fingerprint density at radius 1 is 1.11 bits per heavy atom. The molecule has 1 amide bonds. The molecule has 9 heteroatoms. The van der Waals surface area contributed by atoms with Crippen LogP contribution < -0.4 is 14.4 Å². The minimum atomic E-state index is -3.95. The Hall–Kier alpha value is -2.68. The first-order chi connectivity index (χ1) is 13.1. The first-order valence-electron chi connectivity index (χ1n) is 8.47. The van der Waals surface area contributed by atoms with Gasteiger partial charge in [-0.05, 0) is 49.2 Å². The van der Waals surface area contributed by atoms with Gasteiger partial charge in [0, 0.05) is 6.07 Å². The van der Waals surface area contributed by atoms with Crippen molar-refractivity contribution in [3.8, 4) is 5.75 Å². The molecule has 0 bridgehead atoms. The summed E-state index contributed by atoms with van der Waals surface area (Å²) in [6.45, 7) is 3.56. The Morgan fingerprint density at radius 2 is 1.75 bits per heavy atom. The number of carbonyl (C=O) groups is 1. The molecule has 0 aliphatic rings. The number of hydrogen-bond acceptors (Lipinski definition) is 4. The normalized spacial score (nSPS) is 11.2. The van der Waals surface area contributed by atoms with Gasteiger partial charge in [0.2, 0.25) is 15.9 Å². The number of amides is 1. The van der Waals surface area contributed by atoms with Crippen LogP contribution in [0.5, 0.6) is 5.75 Å². The SMILES string of the molecule is Cc1cc(C)cc(OCCNC(=O)CN(c2ccc(F)cc2F)S(C)(=O)=O)c1. The van der Waals surface area contributed by atoms with Crippen LogP contribution in [0.15, 0.2) is 36.4 Å². The summed E-state index contributed by atoms with van der Waals surface area (Å²) in [6.07, 6.45) is 0.840. The molecule has 6 nitrogen and oxygen atoms in total. The lowest BCUT2D eigenvalue weighted by Gasteiger charge is -2.22. The summed E-state index contributed by atoms with van der Waals surface area (Å²) < 4.78 is 57.0. The molecule has 28 heavy (non-hydrogen) atoms. The predicted molar refractivity (Wildman–Crippen MR) is 103 cm³/mol. The number of benzene rings is 2. The van der Waals surface area contributed by atoms with Crippen molar-refractivity contribution in [3.05, 3.63) is 59.2 Å². The highest BCUT2D eigenvalue weighted by Crippen LogP contribution is 2.22. The molecule has 0 aromatic heterocycles. The van der Waals surface area contributed by atoms with Crippen molar-refractivity contribution in [2.24, 2.45) is 0 Å². The second-order valence-corrected chi connectivity index (χ2v) is 8.29. The number of carbonyl (C=O) groups excluding carboxylic acids is 1. The van der Waals surface area contributed by atoms with Crippen LogP contribution in [0.25, 0.3) is 0 Å². The van der Waals surface area contributed by atoms with Crippen LogP contribution in [0.3, 0.4) is 0 Å². The predicted octanol–water partition coefficient (Wildman–Crippen LogP) is 2.54. The van der Waals surface area contributed by atoms with E-state index < -0.39 is 39.8 Å². The quantitative estimate of drug-likeness (QED) is 0.676. The number of nitrogens with zero attached hydrogens (tertiary/aromatic N) is 1. The lowest BCUT2D eigenvalue weighted by molar-refractivity contribution is -0.119. The summed E-state index contributed by atoms with van der Waals surface area (Å²) in [5.41, 5.74) is 1.69. The molecule has 0 heterocycles. The van der Waals surface area contributed by atoms with Crippen LogP contribution in [0, 0.1) is 25.5 Å². The Balaban J connectivity index is 1.95. The van der Waals surface area contributed by atoms with Gasteiger partial charge in [-0.15, -0.1) is 0 Å². The second kappa shape index (κ2) is 9.01. The molecule has 2 rings (SSSR count). The molecule has 2 aromatic rings. The van der Waals surface area contributed by atoms with Crippen molar-refractivity contribution in [1.82, 2.24) is 5.32 Å². The zero-order valence-corrected chi connectivity index (χ0v) is 16.6. The number of rotatable bonds is 8. The summed E-state index contributed by atoms with van der Waals surface area (Å²) >= 11 is 0. The lowest BCUT2D eigenvalue weighted by Crippen LogP contribution is -2.41. The van der Waals surface area contributed by atoms with E-state index in [2.05, 4.69) is 5.32 Å². The largest absolute Gasteiger partial charge is 0.492 e. The van der Waals surface area contributed by atoms with Gasteiger partial charge in [0.25, 0.3) is 0 Å². The van der Waals surface area contributed by atoms with Gasteiger partial charge in [-0.25, -0.2) is 17.2 Å². The highest BCUT2D eigenvalue weighted by atomic mass is 32.2. The summed E-state index contributed by atoms with van der Waals surface area (Å²) in [4.78, 5) is 12.1. The number of sulfonamides is 1. The highest BCUT2D eigenvalue weighted by molar-refractivity contribution is 7.92. The average Bonchev–Trinajstić information content (AvgIpc) is 2.55. The Labute approximate surface area is 163 Å². The van der Waals surface area contributed by atoms with E-state index in [1.165, 1.54) is 0 Å². The van der Waals surface area contributed by atoms with E-state index in [1.54, 1.807) is 0 Å². The van der Waals surface area contributed by atoms with Gasteiger partial charge < -0.3 is 10.1 Å². The zero-order chi connectivity index (χ0) is 20.9. The van der Waals surface area contributed by atoms with E-state index in [0.717, 1.165) is 29.5 Å². The molecule has 0 atom stereocenters. The van der Waals surface area contributed by atoms with E-state index in [1.807, 2.05) is 32.0 Å². The van der Waals surface area contributed by atoms with Gasteiger partial charge in [-0.3, -0.25) is 9.10 Å². The van der Waals surface area contributed by atoms with Gasteiger partial charge in [-0.1, -0.05) is 6.07 Å². The minimum Gasteiger partial charge on any atom is -0.492 e. The van der Waals surface area contributed by atoms with E-state index in [0.29, 0.717) is 16.1 Å². The molecule has 2 aromatic carbocycles. The summed E-state index contributed by atoms with van der Waals surface area (Å²) in [7, 11) is -3.95. The van der Waals surface area contributed by atoms with Crippen molar-refractivity contribution in [3.63, 3.8) is 0 Å². The van der Waals surface area contributed by atoms with Gasteiger partial charge in [0.05, 0.1) is 18.5 Å². The number of aryl methyl sites for hydroxylation is 2. The average molecular weight is 412 g/mol. The van der Waals surface area contributed by atoms with E-state index in [-0.39, 0.29) is 13.2 Å². The summed E-state index contributed by atoms with van der Waals surface area (Å²) in [5, 5.41) is 2.52. The van der Waals surface area contributed by atoms with Crippen LogP contribution in [0.1, 0.15) is 11.1 Å². The van der Waals surface area contributed by atoms with E-state index >= 15 is 0 Å². The number of hydrogen-bond donors (Lipinski definition) is 1. The van der Waals surface area contributed by atoms with Crippen LogP contribution in [-0.2, 0) is 14.8 Å². The molecule has 0 radical (unpaired) electrons. The van der Waals surface area contributed by atoms with Gasteiger partial charge in [0.15, 0.2) is 0 Å². The number of nitrogens with one attached hydrogen (secondary N) is 1. The third kappa shape index (κ3) is 6.19. The second-order valence-electron chi connectivity index (χ2n) is 6.39. The molecule has 0 spiro atoms. The number of ether oxygens (including phenoxy) is 1. The molecular formula is C19H22F2N2O4S. The first kappa shape index (κ1) is 21.6. The number of anilines is 1. The fourth-order valence-corrected chi connectivity index (χ4v) is 3.48. The molecular weight excluding hydrogens is 390 g/mol. The van der Waals surface area contributed by atoms with Gasteiger partial charge in [0.1, 0.15) is 30.5 Å². The van der Waals surface area contributed by atoms with Crippen LogP contribution >= 0.6 is 0 Å². The summed E-state index contributed by atoms with van der Waals surface area (Å²) in [5.74, 6) is -1.89. The molecule has 0 saturated carbocycles. The minimum absolute atomic E-state index is 0.134. The maximum absolute atomic E-state index is 13.9. The first-order valence-corrected chi connectivity index (χ1v) is 10.3. The fourth-order valence-electron chi connectivity index (χ4n) is 2.63. The highest BCUT2D eigenvalue weighted by Gasteiger charge is 2.23. The van der Waals surface area contributed by atoms with E-state index in [4.69, 9.17) is 4.74 Å². The van der Waals surface area contributed by atoms with E-state index in [9.17, 15) is 22.0 Å².